The molecule has 4 N–H and O–H groups in total. The maximum Gasteiger partial charge on any atom is 0.256 e. The van der Waals surface area contributed by atoms with Gasteiger partial charge in [-0.2, -0.15) is 0 Å². The predicted octanol–water partition coefficient (Wildman–Crippen LogP) is 4.95. The van der Waals surface area contributed by atoms with Crippen LogP contribution in [0.3, 0.4) is 0 Å². The monoisotopic (exact) mass is 502 g/mol. The summed E-state index contributed by atoms with van der Waals surface area (Å²) in [4.78, 5) is 15.7. The third kappa shape index (κ3) is 5.68. The highest BCUT2D eigenvalue weighted by molar-refractivity contribution is 6.10. The van der Waals surface area contributed by atoms with Crippen LogP contribution >= 0.6 is 0 Å². The number of nitrogens with two attached hydrogens (primary N) is 2. The Morgan fingerprint density at radius 2 is 1.97 bits per heavy atom. The van der Waals surface area contributed by atoms with Crippen LogP contribution in [-0.2, 0) is 17.8 Å². The molecule has 2 heterocycles. The van der Waals surface area contributed by atoms with Gasteiger partial charge in [-0.05, 0) is 48.1 Å². The van der Waals surface area contributed by atoms with Crippen molar-refractivity contribution in [3.63, 3.8) is 0 Å². The van der Waals surface area contributed by atoms with Crippen molar-refractivity contribution in [1.82, 2.24) is 9.47 Å². The molecule has 0 atom stereocenters. The zero-order valence-corrected chi connectivity index (χ0v) is 21.3. The Bertz CT molecular complexity index is 1330. The summed E-state index contributed by atoms with van der Waals surface area (Å²) >= 11 is 0. The Labute approximate surface area is 217 Å². The first-order valence-corrected chi connectivity index (χ1v) is 12.6. The normalized spacial score (nSPS) is 15.1. The average molecular weight is 503 g/mol. The van der Waals surface area contributed by atoms with Gasteiger partial charge in [-0.1, -0.05) is 49.1 Å². The number of carbonyl (C=O) groups is 1. The van der Waals surface area contributed by atoms with E-state index in [9.17, 15) is 9.18 Å². The first kappa shape index (κ1) is 26.4. The fraction of sp³-hybridized carbons (Fsp3) is 0.300. The SMILES string of the molecule is C=C/C=C\C=C(/N)c1cccc2c1c(C(=O)N1CCC(c3cc(CN)ccc3F)CC1)cn2CCOC. The molecule has 7 heteroatoms. The van der Waals surface area contributed by atoms with Crippen molar-refractivity contribution in [2.75, 3.05) is 26.8 Å². The molecule has 0 aliphatic carbocycles. The van der Waals surface area contributed by atoms with Crippen molar-refractivity contribution in [2.24, 2.45) is 11.5 Å². The molecule has 6 nitrogen and oxygen atoms in total. The van der Waals surface area contributed by atoms with Crippen LogP contribution in [0.25, 0.3) is 16.6 Å². The maximum absolute atomic E-state index is 14.6. The summed E-state index contributed by atoms with van der Waals surface area (Å²) in [7, 11) is 1.66. The number of carbonyl (C=O) groups excluding carboxylic acids is 1. The number of nitrogens with zero attached hydrogens (tertiary/aromatic N) is 2. The molecular weight excluding hydrogens is 467 g/mol. The highest BCUT2D eigenvalue weighted by Crippen LogP contribution is 2.33. The number of hydrogen-bond acceptors (Lipinski definition) is 4. The smallest absolute Gasteiger partial charge is 0.256 e. The van der Waals surface area contributed by atoms with E-state index in [0.717, 1.165) is 22.0 Å². The number of likely N-dealkylation sites (tertiary alicyclic amines) is 1. The fourth-order valence-corrected chi connectivity index (χ4v) is 5.05. The lowest BCUT2D eigenvalue weighted by Gasteiger charge is -2.32. The number of piperidine rings is 1. The first-order chi connectivity index (χ1) is 18.0. The number of amides is 1. The number of rotatable bonds is 9. The molecule has 1 fully saturated rings. The van der Waals surface area contributed by atoms with Gasteiger partial charge < -0.3 is 25.7 Å². The molecule has 1 saturated heterocycles. The van der Waals surface area contributed by atoms with Gasteiger partial charge in [0.15, 0.2) is 0 Å². The Hall–Kier alpha value is -3.68. The predicted molar refractivity (Wildman–Crippen MR) is 147 cm³/mol. The molecule has 194 valence electrons. The minimum Gasteiger partial charge on any atom is -0.398 e. The van der Waals surface area contributed by atoms with Crippen LogP contribution in [0, 0.1) is 5.82 Å². The third-order valence-corrected chi connectivity index (χ3v) is 7.02. The highest BCUT2D eigenvalue weighted by atomic mass is 19.1. The summed E-state index contributed by atoms with van der Waals surface area (Å²) in [5.74, 6) is -0.192. The van der Waals surface area contributed by atoms with E-state index in [4.69, 9.17) is 16.2 Å². The molecule has 0 saturated carbocycles. The molecule has 0 spiro atoms. The summed E-state index contributed by atoms with van der Waals surface area (Å²) < 4.78 is 21.9. The molecule has 37 heavy (non-hydrogen) atoms. The molecule has 3 aromatic rings. The standard InChI is InChI=1S/C30H35FN4O2/c1-3-4-5-8-27(33)23-7-6-9-28-29(23)25(20-35(28)16-17-37-2)30(36)34-14-12-22(13-15-34)24-18-21(19-32)10-11-26(24)31/h3-11,18,20,22H,1,12-17,19,32-33H2,2H3/b5-4-,27-8-. The van der Waals surface area contributed by atoms with Gasteiger partial charge >= 0.3 is 0 Å². The quantitative estimate of drug-likeness (QED) is 0.406. The van der Waals surface area contributed by atoms with Crippen molar-refractivity contribution in [3.8, 4) is 0 Å². The molecule has 1 aliphatic rings. The lowest BCUT2D eigenvalue weighted by molar-refractivity contribution is 0.0714. The van der Waals surface area contributed by atoms with E-state index in [0.29, 0.717) is 62.5 Å². The van der Waals surface area contributed by atoms with Gasteiger partial charge in [0, 0.05) is 61.6 Å². The van der Waals surface area contributed by atoms with Crippen molar-refractivity contribution < 1.29 is 13.9 Å². The van der Waals surface area contributed by atoms with Crippen molar-refractivity contribution >= 4 is 22.5 Å². The number of hydrogen-bond donors (Lipinski definition) is 2. The second-order valence-electron chi connectivity index (χ2n) is 9.30. The number of aromatic nitrogens is 1. The van der Waals surface area contributed by atoms with Crippen molar-refractivity contribution in [2.45, 2.75) is 31.8 Å². The number of methoxy groups -OCH3 is 1. The number of fused-ring (bicyclic) bond motifs is 1. The summed E-state index contributed by atoms with van der Waals surface area (Å²) in [5.41, 5.74) is 16.7. The summed E-state index contributed by atoms with van der Waals surface area (Å²) in [6, 6.07) is 11.0. The van der Waals surface area contributed by atoms with Gasteiger partial charge in [0.1, 0.15) is 5.82 Å². The Kier molecular flexibility index (Phi) is 8.58. The third-order valence-electron chi connectivity index (χ3n) is 7.02. The number of halogens is 1. The van der Waals surface area contributed by atoms with E-state index in [-0.39, 0.29) is 17.6 Å². The summed E-state index contributed by atoms with van der Waals surface area (Å²) in [6.45, 7) is 6.31. The zero-order valence-electron chi connectivity index (χ0n) is 21.3. The van der Waals surface area contributed by atoms with E-state index in [2.05, 4.69) is 6.58 Å². The van der Waals surface area contributed by atoms with E-state index < -0.39 is 0 Å². The molecule has 0 bridgehead atoms. The van der Waals surface area contributed by atoms with E-state index in [1.807, 2.05) is 52.1 Å². The van der Waals surface area contributed by atoms with Crippen molar-refractivity contribution in [3.05, 3.63) is 102 Å². The van der Waals surface area contributed by atoms with Crippen LogP contribution in [0.4, 0.5) is 4.39 Å². The molecule has 2 aromatic carbocycles. The number of benzene rings is 2. The summed E-state index contributed by atoms with van der Waals surface area (Å²) in [6.07, 6.45) is 10.4. The zero-order chi connectivity index (χ0) is 26.4. The molecule has 0 radical (unpaired) electrons. The fourth-order valence-electron chi connectivity index (χ4n) is 5.05. The van der Waals surface area contributed by atoms with Crippen LogP contribution in [0.15, 0.2) is 73.5 Å². The minimum absolute atomic E-state index is 0.0438. The molecule has 0 unspecified atom stereocenters. The Balaban J connectivity index is 1.65. The van der Waals surface area contributed by atoms with Crippen molar-refractivity contribution in [1.29, 1.82) is 0 Å². The van der Waals surface area contributed by atoms with Crippen LogP contribution in [0.5, 0.6) is 0 Å². The second kappa shape index (κ2) is 12.0. The highest BCUT2D eigenvalue weighted by Gasteiger charge is 2.29. The Morgan fingerprint density at radius 1 is 1.19 bits per heavy atom. The molecule has 1 aromatic heterocycles. The first-order valence-electron chi connectivity index (χ1n) is 12.6. The largest absolute Gasteiger partial charge is 0.398 e. The van der Waals surface area contributed by atoms with E-state index in [1.54, 1.807) is 25.3 Å². The van der Waals surface area contributed by atoms with Gasteiger partial charge in [0.2, 0.25) is 0 Å². The van der Waals surface area contributed by atoms with Crippen LogP contribution in [0.1, 0.15) is 45.8 Å². The molecule has 1 amide bonds. The lowest BCUT2D eigenvalue weighted by atomic mass is 9.88. The number of ether oxygens (including phenoxy) is 1. The minimum atomic E-state index is -0.208. The number of allylic oxidation sites excluding steroid dienone is 4. The van der Waals surface area contributed by atoms with Gasteiger partial charge in [-0.3, -0.25) is 4.79 Å². The van der Waals surface area contributed by atoms with Gasteiger partial charge in [0.25, 0.3) is 5.91 Å². The Morgan fingerprint density at radius 3 is 2.68 bits per heavy atom. The lowest BCUT2D eigenvalue weighted by Crippen LogP contribution is -2.38. The average Bonchev–Trinajstić information content (AvgIpc) is 3.30. The molecular formula is C30H35FN4O2. The summed E-state index contributed by atoms with van der Waals surface area (Å²) in [5, 5.41) is 0.827. The molecule has 1 aliphatic heterocycles. The topological polar surface area (TPSA) is 86.5 Å². The van der Waals surface area contributed by atoms with E-state index >= 15 is 0 Å². The van der Waals surface area contributed by atoms with Crippen LogP contribution in [0.2, 0.25) is 0 Å². The second-order valence-corrected chi connectivity index (χ2v) is 9.30. The van der Waals surface area contributed by atoms with Gasteiger partial charge in [-0.15, -0.1) is 0 Å². The van der Waals surface area contributed by atoms with Gasteiger partial charge in [-0.25, -0.2) is 4.39 Å². The molecule has 4 rings (SSSR count). The van der Waals surface area contributed by atoms with Crippen LogP contribution in [-0.4, -0.2) is 42.2 Å². The van der Waals surface area contributed by atoms with E-state index in [1.165, 1.54) is 6.07 Å². The van der Waals surface area contributed by atoms with Crippen LogP contribution < -0.4 is 11.5 Å². The maximum atomic E-state index is 14.6. The van der Waals surface area contributed by atoms with Gasteiger partial charge in [0.05, 0.1) is 12.2 Å².